The number of benzene rings is 2. The Morgan fingerprint density at radius 1 is 1.29 bits per heavy atom. The first-order valence-electron chi connectivity index (χ1n) is 9.54. The van der Waals surface area contributed by atoms with E-state index in [1.807, 2.05) is 45.0 Å². The highest BCUT2D eigenvalue weighted by molar-refractivity contribution is 14.1. The van der Waals surface area contributed by atoms with E-state index in [0.29, 0.717) is 34.8 Å². The smallest absolute Gasteiger partial charge is 0.282 e. The van der Waals surface area contributed by atoms with Crippen molar-refractivity contribution in [3.63, 3.8) is 0 Å². The van der Waals surface area contributed by atoms with Crippen molar-refractivity contribution >= 4 is 55.6 Å². The molecule has 1 aromatic heterocycles. The summed E-state index contributed by atoms with van der Waals surface area (Å²) in [5.74, 6) is 1.81. The molecule has 0 radical (unpaired) electrons. The van der Waals surface area contributed by atoms with Gasteiger partial charge in [0, 0.05) is 9.89 Å². The van der Waals surface area contributed by atoms with Crippen molar-refractivity contribution in [1.82, 2.24) is 9.66 Å². The molecule has 31 heavy (non-hydrogen) atoms. The van der Waals surface area contributed by atoms with E-state index in [4.69, 9.17) is 14.5 Å². The minimum atomic E-state index is -0.383. The van der Waals surface area contributed by atoms with Crippen LogP contribution in [0, 0.1) is 3.57 Å². The van der Waals surface area contributed by atoms with Crippen LogP contribution < -0.4 is 15.0 Å². The van der Waals surface area contributed by atoms with E-state index in [2.05, 4.69) is 50.2 Å². The van der Waals surface area contributed by atoms with E-state index in [1.54, 1.807) is 25.5 Å². The van der Waals surface area contributed by atoms with Crippen LogP contribution in [-0.4, -0.2) is 29.6 Å². The molecule has 0 unspecified atom stereocenters. The third kappa shape index (κ3) is 5.17. The molecule has 162 valence electrons. The molecule has 0 aliphatic heterocycles. The Balaban J connectivity index is 2.14. The van der Waals surface area contributed by atoms with Crippen molar-refractivity contribution in [2.45, 2.75) is 26.2 Å². The summed E-state index contributed by atoms with van der Waals surface area (Å²) in [4.78, 5) is 18.0. The van der Waals surface area contributed by atoms with E-state index >= 15 is 0 Å². The van der Waals surface area contributed by atoms with Crippen LogP contribution in [0.1, 0.15) is 32.2 Å². The third-order valence-corrected chi connectivity index (χ3v) is 5.69. The van der Waals surface area contributed by atoms with Crippen LogP contribution in [-0.2, 0) is 5.41 Å². The fraction of sp³-hybridized carbons (Fsp3) is 0.261. The molecule has 0 saturated heterocycles. The van der Waals surface area contributed by atoms with Crippen molar-refractivity contribution in [2.75, 3.05) is 13.7 Å². The average Bonchev–Trinajstić information content (AvgIpc) is 2.71. The molecule has 3 aromatic rings. The first kappa shape index (κ1) is 23.5. The van der Waals surface area contributed by atoms with E-state index in [1.165, 1.54) is 4.68 Å². The Hall–Kier alpha value is -2.20. The summed E-state index contributed by atoms with van der Waals surface area (Å²) in [6.45, 7) is 10.1. The van der Waals surface area contributed by atoms with Gasteiger partial charge in [-0.15, -0.1) is 0 Å². The zero-order valence-corrected chi connectivity index (χ0v) is 21.5. The zero-order valence-electron chi connectivity index (χ0n) is 17.8. The Kier molecular flexibility index (Phi) is 7.20. The van der Waals surface area contributed by atoms with Crippen LogP contribution in [0.2, 0.25) is 0 Å². The molecule has 0 fully saturated rings. The number of halogens is 2. The molecule has 0 amide bonds. The van der Waals surface area contributed by atoms with Gasteiger partial charge in [0.05, 0.1) is 27.8 Å². The van der Waals surface area contributed by atoms with Gasteiger partial charge in [0.15, 0.2) is 11.5 Å². The number of nitrogens with zero attached hydrogens (tertiary/aromatic N) is 3. The summed E-state index contributed by atoms with van der Waals surface area (Å²) in [5.41, 5.74) is 0.810. The van der Waals surface area contributed by atoms with E-state index in [0.717, 1.165) is 13.6 Å². The molecule has 0 atom stereocenters. The predicted molar refractivity (Wildman–Crippen MR) is 137 cm³/mol. The molecule has 0 saturated carbocycles. The second kappa shape index (κ2) is 9.52. The van der Waals surface area contributed by atoms with Crippen LogP contribution in [0.4, 0.5) is 0 Å². The SMILES string of the molecule is C=CCOc1c(I)cc(C=Nn2c(C(C)(C)C)nc3ccc(Br)cc3c2=O)cc1OC. The number of aromatic nitrogens is 2. The largest absolute Gasteiger partial charge is 0.493 e. The van der Waals surface area contributed by atoms with Gasteiger partial charge >= 0.3 is 0 Å². The summed E-state index contributed by atoms with van der Waals surface area (Å²) in [6.07, 6.45) is 3.31. The first-order valence-corrected chi connectivity index (χ1v) is 11.4. The van der Waals surface area contributed by atoms with E-state index < -0.39 is 0 Å². The second-order valence-electron chi connectivity index (χ2n) is 7.84. The van der Waals surface area contributed by atoms with Gasteiger partial charge in [-0.3, -0.25) is 4.79 Å². The summed E-state index contributed by atoms with van der Waals surface area (Å²) in [5, 5.41) is 5.02. The van der Waals surface area contributed by atoms with Crippen LogP contribution in [0.25, 0.3) is 10.9 Å². The minimum Gasteiger partial charge on any atom is -0.493 e. The fourth-order valence-electron chi connectivity index (χ4n) is 2.96. The van der Waals surface area contributed by atoms with Crippen molar-refractivity contribution < 1.29 is 9.47 Å². The highest BCUT2D eigenvalue weighted by Crippen LogP contribution is 2.33. The van der Waals surface area contributed by atoms with Gasteiger partial charge in [-0.05, 0) is 58.5 Å². The van der Waals surface area contributed by atoms with Gasteiger partial charge in [-0.1, -0.05) is 49.4 Å². The molecule has 0 aliphatic rings. The zero-order chi connectivity index (χ0) is 22.8. The van der Waals surface area contributed by atoms with Gasteiger partial charge < -0.3 is 9.47 Å². The first-order chi connectivity index (χ1) is 14.7. The van der Waals surface area contributed by atoms with Crippen LogP contribution in [0.5, 0.6) is 11.5 Å². The molecule has 0 aliphatic carbocycles. The predicted octanol–water partition coefficient (Wildman–Crippen LogP) is 5.52. The summed E-state index contributed by atoms with van der Waals surface area (Å²) >= 11 is 5.61. The quantitative estimate of drug-likeness (QED) is 0.214. The molecule has 3 rings (SSSR count). The normalized spacial score (nSPS) is 11.8. The molecule has 1 heterocycles. The number of hydrogen-bond acceptors (Lipinski definition) is 5. The van der Waals surface area contributed by atoms with E-state index in [9.17, 15) is 4.79 Å². The number of ether oxygens (including phenoxy) is 2. The molecule has 2 aromatic carbocycles. The monoisotopic (exact) mass is 595 g/mol. The summed E-state index contributed by atoms with van der Waals surface area (Å²) in [7, 11) is 1.58. The molecule has 0 bridgehead atoms. The standard InChI is InChI=1S/C23H23BrIN3O3/c1-6-9-31-20-17(25)10-14(11-19(20)30-5)13-26-28-21(29)16-12-15(24)7-8-18(16)27-22(28)23(2,3)4/h6-8,10-13H,1,9H2,2-5H3. The van der Waals surface area contributed by atoms with Gasteiger partial charge in [-0.2, -0.15) is 9.78 Å². The molecule has 8 heteroatoms. The lowest BCUT2D eigenvalue weighted by Gasteiger charge is -2.21. The lowest BCUT2D eigenvalue weighted by molar-refractivity contribution is 0.324. The molecule has 0 N–H and O–H groups in total. The minimum absolute atomic E-state index is 0.222. The highest BCUT2D eigenvalue weighted by Gasteiger charge is 2.23. The van der Waals surface area contributed by atoms with Crippen LogP contribution >= 0.6 is 38.5 Å². The maximum atomic E-state index is 13.3. The topological polar surface area (TPSA) is 65.7 Å². The molecule has 6 nitrogen and oxygen atoms in total. The van der Waals surface area contributed by atoms with Gasteiger partial charge in [0.1, 0.15) is 12.4 Å². The molecular weight excluding hydrogens is 573 g/mol. The third-order valence-electron chi connectivity index (χ3n) is 4.40. The second-order valence-corrected chi connectivity index (χ2v) is 9.92. The Labute approximate surface area is 203 Å². The van der Waals surface area contributed by atoms with Gasteiger partial charge in [0.25, 0.3) is 5.56 Å². The number of hydrogen-bond donors (Lipinski definition) is 0. The van der Waals surface area contributed by atoms with Gasteiger partial charge in [-0.25, -0.2) is 4.98 Å². The maximum absolute atomic E-state index is 13.3. The lowest BCUT2D eigenvalue weighted by Crippen LogP contribution is -2.29. The Morgan fingerprint density at radius 2 is 2.03 bits per heavy atom. The number of rotatable bonds is 6. The average molecular weight is 596 g/mol. The number of methoxy groups -OCH3 is 1. The maximum Gasteiger partial charge on any atom is 0.282 e. The van der Waals surface area contributed by atoms with Crippen LogP contribution in [0.3, 0.4) is 0 Å². The summed E-state index contributed by atoms with van der Waals surface area (Å²) < 4.78 is 14.2. The van der Waals surface area contributed by atoms with Gasteiger partial charge in [0.2, 0.25) is 0 Å². The highest BCUT2D eigenvalue weighted by atomic mass is 127. The summed E-state index contributed by atoms with van der Waals surface area (Å²) in [6, 6.07) is 9.20. The van der Waals surface area contributed by atoms with Crippen LogP contribution in [0.15, 0.2) is 57.4 Å². The van der Waals surface area contributed by atoms with Crippen molar-refractivity contribution in [1.29, 1.82) is 0 Å². The van der Waals surface area contributed by atoms with Crippen molar-refractivity contribution in [2.24, 2.45) is 5.10 Å². The molecule has 0 spiro atoms. The molecular formula is C23H23BrIN3O3. The lowest BCUT2D eigenvalue weighted by atomic mass is 9.95. The Bertz CT molecular complexity index is 1230. The Morgan fingerprint density at radius 3 is 2.68 bits per heavy atom. The fourth-order valence-corrected chi connectivity index (χ4v) is 4.10. The van der Waals surface area contributed by atoms with Crippen molar-refractivity contribution in [3.8, 4) is 11.5 Å². The number of fused-ring (bicyclic) bond motifs is 1. The van der Waals surface area contributed by atoms with E-state index in [-0.39, 0.29) is 11.0 Å². The van der Waals surface area contributed by atoms with Crippen molar-refractivity contribution in [3.05, 3.63) is 72.8 Å².